The number of benzene rings is 1. The molecule has 1 N–H and O–H groups in total. The lowest BCUT2D eigenvalue weighted by Gasteiger charge is -2.19. The van der Waals surface area contributed by atoms with Crippen molar-refractivity contribution < 1.29 is 13.5 Å². The zero-order valence-electron chi connectivity index (χ0n) is 12.1. The van der Waals surface area contributed by atoms with E-state index in [1.54, 1.807) is 26.0 Å². The van der Waals surface area contributed by atoms with Gasteiger partial charge in [-0.15, -0.1) is 0 Å². The van der Waals surface area contributed by atoms with E-state index in [9.17, 15) is 8.42 Å². The third kappa shape index (κ3) is 4.30. The largest absolute Gasteiger partial charge is 0.384 e. The SMILES string of the molecule is CCN(CCC#N)S(=O)(=O)c1ccc(C#CCO)c(C)c1. The van der Waals surface area contributed by atoms with E-state index in [0.717, 1.165) is 5.56 Å². The van der Waals surface area contributed by atoms with Crippen LogP contribution in [-0.4, -0.2) is 37.5 Å². The summed E-state index contributed by atoms with van der Waals surface area (Å²) in [4.78, 5) is 0.189. The van der Waals surface area contributed by atoms with E-state index in [4.69, 9.17) is 10.4 Å². The van der Waals surface area contributed by atoms with E-state index in [2.05, 4.69) is 11.8 Å². The topological polar surface area (TPSA) is 81.4 Å². The van der Waals surface area contributed by atoms with Crippen LogP contribution in [0, 0.1) is 30.1 Å². The first-order valence-corrected chi connectivity index (χ1v) is 7.98. The average molecular weight is 306 g/mol. The fourth-order valence-corrected chi connectivity index (χ4v) is 3.38. The molecule has 0 aliphatic rings. The molecule has 0 bridgehead atoms. The van der Waals surface area contributed by atoms with Crippen molar-refractivity contribution in [2.45, 2.75) is 25.2 Å². The third-order valence-electron chi connectivity index (χ3n) is 2.96. The van der Waals surface area contributed by atoms with E-state index in [0.29, 0.717) is 12.1 Å². The highest BCUT2D eigenvalue weighted by atomic mass is 32.2. The van der Waals surface area contributed by atoms with E-state index < -0.39 is 10.0 Å². The van der Waals surface area contributed by atoms with Gasteiger partial charge in [-0.05, 0) is 30.7 Å². The van der Waals surface area contributed by atoms with Crippen LogP contribution in [0.1, 0.15) is 24.5 Å². The Labute approximate surface area is 125 Å². The highest BCUT2D eigenvalue weighted by Crippen LogP contribution is 2.19. The minimum atomic E-state index is -3.60. The van der Waals surface area contributed by atoms with Gasteiger partial charge in [0.05, 0.1) is 11.0 Å². The van der Waals surface area contributed by atoms with Gasteiger partial charge in [0.25, 0.3) is 0 Å². The van der Waals surface area contributed by atoms with Crippen LogP contribution in [0.15, 0.2) is 23.1 Å². The lowest BCUT2D eigenvalue weighted by molar-refractivity contribution is 0.350. The predicted octanol–water partition coefficient (Wildman–Crippen LogP) is 1.26. The molecule has 0 saturated heterocycles. The van der Waals surface area contributed by atoms with Crippen LogP contribution in [-0.2, 0) is 10.0 Å². The molecule has 1 rings (SSSR count). The van der Waals surface area contributed by atoms with Gasteiger partial charge in [-0.2, -0.15) is 9.57 Å². The van der Waals surface area contributed by atoms with Crippen LogP contribution in [0.25, 0.3) is 0 Å². The van der Waals surface area contributed by atoms with Crippen molar-refractivity contribution in [3.05, 3.63) is 29.3 Å². The molecule has 1 aromatic rings. The van der Waals surface area contributed by atoms with E-state index in [1.165, 1.54) is 10.4 Å². The molecule has 0 aliphatic heterocycles. The summed E-state index contributed by atoms with van der Waals surface area (Å²) in [7, 11) is -3.60. The lowest BCUT2D eigenvalue weighted by Crippen LogP contribution is -2.31. The van der Waals surface area contributed by atoms with Crippen LogP contribution in [0.4, 0.5) is 0 Å². The monoisotopic (exact) mass is 306 g/mol. The predicted molar refractivity (Wildman–Crippen MR) is 79.8 cm³/mol. The Bertz CT molecular complexity index is 694. The van der Waals surface area contributed by atoms with Gasteiger partial charge in [0.1, 0.15) is 6.61 Å². The van der Waals surface area contributed by atoms with Crippen LogP contribution in [0.3, 0.4) is 0 Å². The zero-order valence-corrected chi connectivity index (χ0v) is 12.9. The summed E-state index contributed by atoms with van der Waals surface area (Å²) < 4.78 is 26.3. The molecule has 0 atom stereocenters. The van der Waals surface area contributed by atoms with Gasteiger partial charge >= 0.3 is 0 Å². The Kier molecular flexibility index (Phi) is 6.39. The van der Waals surface area contributed by atoms with Crippen LogP contribution in [0.5, 0.6) is 0 Å². The van der Waals surface area contributed by atoms with Gasteiger partial charge in [0.15, 0.2) is 0 Å². The molecule has 1 aromatic carbocycles. The number of aliphatic hydroxyl groups is 1. The third-order valence-corrected chi connectivity index (χ3v) is 4.93. The number of nitrogens with zero attached hydrogens (tertiary/aromatic N) is 2. The van der Waals surface area contributed by atoms with Gasteiger partial charge in [-0.3, -0.25) is 0 Å². The molecule has 6 heteroatoms. The highest BCUT2D eigenvalue weighted by molar-refractivity contribution is 7.89. The fraction of sp³-hybridized carbons (Fsp3) is 0.400. The Hall–Kier alpha value is -1.86. The number of nitriles is 1. The number of rotatable bonds is 5. The van der Waals surface area contributed by atoms with Crippen molar-refractivity contribution in [3.8, 4) is 17.9 Å². The summed E-state index contributed by atoms with van der Waals surface area (Å²) in [5, 5.41) is 17.3. The van der Waals surface area contributed by atoms with Crippen LogP contribution in [0.2, 0.25) is 0 Å². The molecular weight excluding hydrogens is 288 g/mol. The van der Waals surface area contributed by atoms with E-state index in [-0.39, 0.29) is 24.5 Å². The molecule has 0 heterocycles. The summed E-state index contributed by atoms with van der Waals surface area (Å²) in [5.41, 5.74) is 1.41. The number of hydrogen-bond donors (Lipinski definition) is 1. The number of hydrogen-bond acceptors (Lipinski definition) is 4. The molecule has 0 aromatic heterocycles. The normalized spacial score (nSPS) is 10.8. The molecule has 0 radical (unpaired) electrons. The summed E-state index contributed by atoms with van der Waals surface area (Å²) in [6, 6.07) is 6.64. The smallest absolute Gasteiger partial charge is 0.243 e. The maximum absolute atomic E-state index is 12.5. The van der Waals surface area contributed by atoms with E-state index in [1.807, 2.05) is 6.07 Å². The van der Waals surface area contributed by atoms with Gasteiger partial charge in [0.2, 0.25) is 10.0 Å². The first-order valence-electron chi connectivity index (χ1n) is 6.54. The van der Waals surface area contributed by atoms with Crippen LogP contribution >= 0.6 is 0 Å². The van der Waals surface area contributed by atoms with Crippen molar-refractivity contribution >= 4 is 10.0 Å². The minimum Gasteiger partial charge on any atom is -0.384 e. The number of aryl methyl sites for hydroxylation is 1. The van der Waals surface area contributed by atoms with Gasteiger partial charge < -0.3 is 5.11 Å². The number of sulfonamides is 1. The second-order valence-electron chi connectivity index (χ2n) is 4.34. The number of aliphatic hydroxyl groups excluding tert-OH is 1. The second kappa shape index (κ2) is 7.80. The van der Waals surface area contributed by atoms with Crippen molar-refractivity contribution in [1.29, 1.82) is 5.26 Å². The summed E-state index contributed by atoms with van der Waals surface area (Å²) in [5.74, 6) is 5.30. The zero-order chi connectivity index (χ0) is 15.9. The van der Waals surface area contributed by atoms with Crippen molar-refractivity contribution in [2.24, 2.45) is 0 Å². The quantitative estimate of drug-likeness (QED) is 0.830. The van der Waals surface area contributed by atoms with Crippen molar-refractivity contribution in [3.63, 3.8) is 0 Å². The minimum absolute atomic E-state index is 0.159. The summed E-state index contributed by atoms with van der Waals surface area (Å²) in [6.07, 6.45) is 0.159. The second-order valence-corrected chi connectivity index (χ2v) is 6.28. The van der Waals surface area contributed by atoms with Crippen LogP contribution < -0.4 is 0 Å². The Morgan fingerprint density at radius 1 is 1.38 bits per heavy atom. The lowest BCUT2D eigenvalue weighted by atomic mass is 10.1. The van der Waals surface area contributed by atoms with E-state index >= 15 is 0 Å². The van der Waals surface area contributed by atoms with Crippen molar-refractivity contribution in [1.82, 2.24) is 4.31 Å². The molecular formula is C15H18N2O3S. The molecule has 0 saturated carbocycles. The molecule has 21 heavy (non-hydrogen) atoms. The Morgan fingerprint density at radius 3 is 2.62 bits per heavy atom. The average Bonchev–Trinajstić information content (AvgIpc) is 2.46. The molecule has 0 unspecified atom stereocenters. The van der Waals surface area contributed by atoms with Crippen molar-refractivity contribution in [2.75, 3.05) is 19.7 Å². The standard InChI is InChI=1S/C15H18N2O3S/c1-3-17(10-5-9-16)21(19,20)15-8-7-14(6-4-11-18)13(2)12-15/h7-8,12,18H,3,5,10-11H2,1-2H3. The first-order chi connectivity index (χ1) is 9.97. The Morgan fingerprint density at radius 2 is 2.10 bits per heavy atom. The maximum Gasteiger partial charge on any atom is 0.243 e. The molecule has 0 spiro atoms. The van der Waals surface area contributed by atoms with Gasteiger partial charge in [-0.25, -0.2) is 8.42 Å². The maximum atomic E-state index is 12.5. The summed E-state index contributed by atoms with van der Waals surface area (Å²) >= 11 is 0. The first kappa shape index (κ1) is 17.2. The molecule has 0 fully saturated rings. The highest BCUT2D eigenvalue weighted by Gasteiger charge is 2.22. The molecule has 112 valence electrons. The van der Waals surface area contributed by atoms with Gasteiger partial charge in [0, 0.05) is 25.1 Å². The fourth-order valence-electron chi connectivity index (χ4n) is 1.84. The molecule has 0 aliphatic carbocycles. The van der Waals surface area contributed by atoms with Gasteiger partial charge in [-0.1, -0.05) is 18.8 Å². The molecule has 5 nitrogen and oxygen atoms in total. The molecule has 0 amide bonds. The Balaban J connectivity index is 3.14. The summed E-state index contributed by atoms with van der Waals surface area (Å²) in [6.45, 7) is 3.77.